The molecule has 2 aromatic carbocycles. The van der Waals surface area contributed by atoms with Crippen molar-refractivity contribution in [2.75, 3.05) is 26.6 Å². The van der Waals surface area contributed by atoms with Crippen LogP contribution in [0, 0.1) is 17.6 Å². The van der Waals surface area contributed by atoms with E-state index in [1.807, 2.05) is 0 Å². The van der Waals surface area contributed by atoms with Gasteiger partial charge >= 0.3 is 18.0 Å². The summed E-state index contributed by atoms with van der Waals surface area (Å²) in [7, 11) is 3.74. The molecule has 0 aromatic heterocycles. The van der Waals surface area contributed by atoms with Gasteiger partial charge in [0, 0.05) is 11.6 Å². The minimum Gasteiger partial charge on any atom is -0.496 e. The zero-order valence-corrected chi connectivity index (χ0v) is 17.1. The van der Waals surface area contributed by atoms with Crippen LogP contribution >= 0.6 is 0 Å². The second-order valence-electron chi connectivity index (χ2n) is 6.27. The molecule has 0 unspecified atom stereocenters. The standard InChI is InChI=1S/C21H21F2NO7/c1-28-18-7-4-12(9-15(19(25)29-2)20(26)30-3)8-13(18)11-31-21(27)24-17-6-5-14(22)10-16(17)23/h4-8,10,15H,9,11H2,1-3H3,(H,24,27). The minimum atomic E-state index is -1.16. The SMILES string of the molecule is COC(=O)C(Cc1ccc(OC)c(COC(=O)Nc2ccc(F)cc2F)c1)C(=O)OC. The van der Waals surface area contributed by atoms with Crippen LogP contribution in [0.1, 0.15) is 11.1 Å². The molecular weight excluding hydrogens is 416 g/mol. The number of hydrogen-bond donors (Lipinski definition) is 1. The first kappa shape index (κ1) is 23.6. The number of anilines is 1. The first-order chi connectivity index (χ1) is 14.8. The average molecular weight is 437 g/mol. The third-order valence-electron chi connectivity index (χ3n) is 4.28. The Bertz CT molecular complexity index is 949. The second kappa shape index (κ2) is 10.9. The van der Waals surface area contributed by atoms with E-state index in [1.54, 1.807) is 18.2 Å². The Hall–Kier alpha value is -3.69. The monoisotopic (exact) mass is 437 g/mol. The number of halogens is 2. The van der Waals surface area contributed by atoms with Gasteiger partial charge in [-0.3, -0.25) is 14.9 Å². The number of esters is 2. The zero-order chi connectivity index (χ0) is 23.0. The lowest BCUT2D eigenvalue weighted by atomic mass is 9.97. The summed E-state index contributed by atoms with van der Waals surface area (Å²) in [5.74, 6) is -4.01. The number of amides is 1. The van der Waals surface area contributed by atoms with Gasteiger partial charge in [0.05, 0.1) is 27.0 Å². The number of nitrogens with one attached hydrogen (secondary N) is 1. The Morgan fingerprint density at radius 1 is 0.968 bits per heavy atom. The van der Waals surface area contributed by atoms with Gasteiger partial charge in [0.2, 0.25) is 0 Å². The van der Waals surface area contributed by atoms with Crippen LogP contribution in [-0.4, -0.2) is 39.4 Å². The van der Waals surface area contributed by atoms with E-state index >= 15 is 0 Å². The molecule has 0 fully saturated rings. The van der Waals surface area contributed by atoms with Crippen LogP contribution in [-0.2, 0) is 36.8 Å². The average Bonchev–Trinajstić information content (AvgIpc) is 2.77. The molecule has 0 heterocycles. The Labute approximate surface area is 177 Å². The third-order valence-corrected chi connectivity index (χ3v) is 4.28. The van der Waals surface area contributed by atoms with Gasteiger partial charge in [-0.1, -0.05) is 6.07 Å². The van der Waals surface area contributed by atoms with Gasteiger partial charge in [0.15, 0.2) is 5.92 Å². The van der Waals surface area contributed by atoms with E-state index in [4.69, 9.17) is 9.47 Å². The first-order valence-corrected chi connectivity index (χ1v) is 8.99. The second-order valence-corrected chi connectivity index (χ2v) is 6.27. The normalized spacial score (nSPS) is 10.4. The molecule has 166 valence electrons. The van der Waals surface area contributed by atoms with Crippen LogP contribution in [0.5, 0.6) is 5.75 Å². The first-order valence-electron chi connectivity index (χ1n) is 8.99. The van der Waals surface area contributed by atoms with Gasteiger partial charge in [0.25, 0.3) is 0 Å². The van der Waals surface area contributed by atoms with Crippen molar-refractivity contribution < 1.29 is 42.1 Å². The smallest absolute Gasteiger partial charge is 0.412 e. The van der Waals surface area contributed by atoms with Crippen molar-refractivity contribution in [3.63, 3.8) is 0 Å². The third kappa shape index (κ3) is 6.39. The molecule has 2 aromatic rings. The molecule has 0 aliphatic carbocycles. The molecule has 31 heavy (non-hydrogen) atoms. The number of carbonyl (C=O) groups excluding carboxylic acids is 3. The minimum absolute atomic E-state index is 0.0106. The predicted octanol–water partition coefficient (Wildman–Crippen LogP) is 3.23. The molecule has 0 spiro atoms. The van der Waals surface area contributed by atoms with Crippen molar-refractivity contribution in [2.24, 2.45) is 5.92 Å². The fraction of sp³-hybridized carbons (Fsp3) is 0.286. The van der Waals surface area contributed by atoms with Gasteiger partial charge in [0.1, 0.15) is 24.0 Å². The molecular formula is C21H21F2NO7. The fourth-order valence-electron chi connectivity index (χ4n) is 2.73. The summed E-state index contributed by atoms with van der Waals surface area (Å²) in [4.78, 5) is 35.7. The summed E-state index contributed by atoms with van der Waals surface area (Å²) in [6.07, 6.45) is -0.983. The topological polar surface area (TPSA) is 100 Å². The number of hydrogen-bond acceptors (Lipinski definition) is 7. The van der Waals surface area contributed by atoms with Crippen LogP contribution in [0.25, 0.3) is 0 Å². The molecule has 1 amide bonds. The molecule has 0 aliphatic heterocycles. The Kier molecular flexibility index (Phi) is 8.30. The van der Waals surface area contributed by atoms with Crippen molar-refractivity contribution in [1.82, 2.24) is 0 Å². The van der Waals surface area contributed by atoms with E-state index < -0.39 is 35.6 Å². The van der Waals surface area contributed by atoms with Crippen molar-refractivity contribution >= 4 is 23.7 Å². The van der Waals surface area contributed by atoms with E-state index in [0.29, 0.717) is 22.9 Å². The van der Waals surface area contributed by atoms with Crippen LogP contribution in [0.3, 0.4) is 0 Å². The lowest BCUT2D eigenvalue weighted by Crippen LogP contribution is -2.28. The Morgan fingerprint density at radius 2 is 1.65 bits per heavy atom. The van der Waals surface area contributed by atoms with Crippen LogP contribution in [0.4, 0.5) is 19.3 Å². The van der Waals surface area contributed by atoms with E-state index in [-0.39, 0.29) is 18.7 Å². The summed E-state index contributed by atoms with van der Waals surface area (Å²) >= 11 is 0. The van der Waals surface area contributed by atoms with Gasteiger partial charge in [-0.05, 0) is 36.2 Å². The number of benzene rings is 2. The van der Waals surface area contributed by atoms with Crippen molar-refractivity contribution in [3.8, 4) is 5.75 Å². The predicted molar refractivity (Wildman–Crippen MR) is 104 cm³/mol. The van der Waals surface area contributed by atoms with Crippen molar-refractivity contribution in [1.29, 1.82) is 0 Å². The zero-order valence-electron chi connectivity index (χ0n) is 17.1. The van der Waals surface area contributed by atoms with Crippen LogP contribution in [0.2, 0.25) is 0 Å². The lowest BCUT2D eigenvalue weighted by molar-refractivity contribution is -0.158. The van der Waals surface area contributed by atoms with Crippen LogP contribution in [0.15, 0.2) is 36.4 Å². The molecule has 1 N–H and O–H groups in total. The molecule has 10 heteroatoms. The summed E-state index contributed by atoms with van der Waals surface area (Å²) in [6.45, 7) is -0.257. The molecule has 0 saturated carbocycles. The van der Waals surface area contributed by atoms with Gasteiger partial charge < -0.3 is 18.9 Å². The highest BCUT2D eigenvalue weighted by Crippen LogP contribution is 2.24. The van der Waals surface area contributed by atoms with Crippen molar-refractivity contribution in [2.45, 2.75) is 13.0 Å². The summed E-state index contributed by atoms with van der Waals surface area (Å²) in [5, 5.41) is 2.17. The molecule has 8 nitrogen and oxygen atoms in total. The van der Waals surface area contributed by atoms with Crippen LogP contribution < -0.4 is 10.1 Å². The van der Waals surface area contributed by atoms with E-state index in [2.05, 4.69) is 14.8 Å². The summed E-state index contributed by atoms with van der Waals surface area (Å²) < 4.78 is 46.2. The van der Waals surface area contributed by atoms with E-state index in [1.165, 1.54) is 7.11 Å². The molecule has 0 aliphatic rings. The van der Waals surface area contributed by atoms with Gasteiger partial charge in [-0.15, -0.1) is 0 Å². The van der Waals surface area contributed by atoms with Gasteiger partial charge in [-0.2, -0.15) is 0 Å². The van der Waals surface area contributed by atoms with E-state index in [0.717, 1.165) is 26.4 Å². The quantitative estimate of drug-likeness (QED) is 0.384. The molecule has 2 rings (SSSR count). The fourth-order valence-corrected chi connectivity index (χ4v) is 2.73. The lowest BCUT2D eigenvalue weighted by Gasteiger charge is -2.15. The summed E-state index contributed by atoms with van der Waals surface area (Å²) in [6, 6.07) is 7.48. The van der Waals surface area contributed by atoms with Gasteiger partial charge in [-0.25, -0.2) is 13.6 Å². The molecule has 0 saturated heterocycles. The Morgan fingerprint density at radius 3 is 2.23 bits per heavy atom. The Balaban J connectivity index is 2.12. The summed E-state index contributed by atoms with van der Waals surface area (Å²) in [5.41, 5.74) is 0.750. The highest BCUT2D eigenvalue weighted by molar-refractivity contribution is 5.95. The maximum Gasteiger partial charge on any atom is 0.412 e. The maximum atomic E-state index is 13.7. The number of carbonyl (C=O) groups is 3. The number of ether oxygens (including phenoxy) is 4. The maximum absolute atomic E-state index is 13.7. The number of rotatable bonds is 8. The van der Waals surface area contributed by atoms with E-state index in [9.17, 15) is 23.2 Å². The van der Waals surface area contributed by atoms with Crippen molar-refractivity contribution in [3.05, 3.63) is 59.2 Å². The highest BCUT2D eigenvalue weighted by Gasteiger charge is 2.29. The highest BCUT2D eigenvalue weighted by atomic mass is 19.1. The molecule has 0 bridgehead atoms. The molecule has 0 atom stereocenters. The largest absolute Gasteiger partial charge is 0.496 e. The number of methoxy groups -OCH3 is 3. The molecule has 0 radical (unpaired) electrons.